The first-order valence-corrected chi connectivity index (χ1v) is 5.27. The molecule has 78 valence electrons. The van der Waals surface area contributed by atoms with Gasteiger partial charge in [0.1, 0.15) is 0 Å². The molecular formula is C13H13ClO. The second-order valence-electron chi connectivity index (χ2n) is 3.76. The summed E-state index contributed by atoms with van der Waals surface area (Å²) >= 11 is 5.83. The number of hydrogen-bond donors (Lipinski definition) is 0. The molecule has 1 aromatic rings. The van der Waals surface area contributed by atoms with Crippen LogP contribution in [0.15, 0.2) is 48.6 Å². The van der Waals surface area contributed by atoms with Crippen LogP contribution in [0.4, 0.5) is 0 Å². The van der Waals surface area contributed by atoms with Crippen LogP contribution in [0.2, 0.25) is 5.02 Å². The Kier molecular flexibility index (Phi) is 2.94. The molecule has 0 spiro atoms. The minimum absolute atomic E-state index is 0.0975. The molecule has 1 fully saturated rings. The number of halogens is 1. The predicted molar refractivity (Wildman–Crippen MR) is 63.0 cm³/mol. The fourth-order valence-electron chi connectivity index (χ4n) is 1.62. The van der Waals surface area contributed by atoms with E-state index >= 15 is 0 Å². The Bertz CT molecular complexity index is 392. The first-order valence-electron chi connectivity index (χ1n) is 4.90. The van der Waals surface area contributed by atoms with E-state index in [2.05, 4.69) is 13.2 Å². The molecule has 2 heteroatoms. The Morgan fingerprint density at radius 2 is 1.80 bits per heavy atom. The van der Waals surface area contributed by atoms with Gasteiger partial charge in [-0.2, -0.15) is 0 Å². The van der Waals surface area contributed by atoms with Crippen molar-refractivity contribution < 1.29 is 4.74 Å². The van der Waals surface area contributed by atoms with Crippen LogP contribution in [0.1, 0.15) is 18.1 Å². The molecule has 1 aromatic carbocycles. The van der Waals surface area contributed by atoms with E-state index in [1.165, 1.54) is 0 Å². The third-order valence-corrected chi connectivity index (χ3v) is 2.88. The third kappa shape index (κ3) is 2.31. The van der Waals surface area contributed by atoms with Crippen LogP contribution in [-0.2, 0) is 4.74 Å². The molecule has 1 nitrogen and oxygen atoms in total. The summed E-state index contributed by atoms with van der Waals surface area (Å²) in [4.78, 5) is 0. The van der Waals surface area contributed by atoms with Gasteiger partial charge in [-0.15, -0.1) is 0 Å². The van der Waals surface area contributed by atoms with E-state index in [1.807, 2.05) is 24.3 Å². The topological polar surface area (TPSA) is 9.23 Å². The normalized spacial score (nSPS) is 21.8. The molecule has 0 N–H and O–H groups in total. The summed E-state index contributed by atoms with van der Waals surface area (Å²) in [7, 11) is 0. The smallest absolute Gasteiger partial charge is 0.0869 e. The van der Waals surface area contributed by atoms with E-state index in [4.69, 9.17) is 16.3 Å². The molecular weight excluding hydrogens is 208 g/mol. The molecule has 0 aliphatic carbocycles. The van der Waals surface area contributed by atoms with Crippen molar-refractivity contribution >= 4 is 11.6 Å². The monoisotopic (exact) mass is 220 g/mol. The average molecular weight is 221 g/mol. The Morgan fingerprint density at radius 3 is 2.40 bits per heavy atom. The molecule has 0 bridgehead atoms. The zero-order chi connectivity index (χ0) is 10.8. The molecule has 1 atom stereocenters. The maximum atomic E-state index is 5.83. The van der Waals surface area contributed by atoms with Gasteiger partial charge in [-0.05, 0) is 28.8 Å². The van der Waals surface area contributed by atoms with Crippen molar-refractivity contribution in [2.45, 2.75) is 12.5 Å². The molecule has 1 unspecified atom stereocenters. The number of benzene rings is 1. The van der Waals surface area contributed by atoms with Gasteiger partial charge in [0, 0.05) is 11.4 Å². The van der Waals surface area contributed by atoms with Gasteiger partial charge in [0.15, 0.2) is 0 Å². The Morgan fingerprint density at radius 1 is 1.13 bits per heavy atom. The van der Waals surface area contributed by atoms with Gasteiger partial charge in [-0.25, -0.2) is 0 Å². The molecule has 0 aromatic heterocycles. The van der Waals surface area contributed by atoms with Crippen LogP contribution in [0.5, 0.6) is 0 Å². The quantitative estimate of drug-likeness (QED) is 0.697. The average Bonchev–Trinajstić information content (AvgIpc) is 2.23. The van der Waals surface area contributed by atoms with Crippen LogP contribution in [0.25, 0.3) is 0 Å². The fraction of sp³-hybridized carbons (Fsp3) is 0.231. The highest BCUT2D eigenvalue weighted by Gasteiger charge is 2.20. The van der Waals surface area contributed by atoms with Gasteiger partial charge < -0.3 is 4.74 Å². The van der Waals surface area contributed by atoms with Gasteiger partial charge in [-0.1, -0.05) is 36.9 Å². The lowest BCUT2D eigenvalue weighted by Crippen LogP contribution is -2.15. The Balaban J connectivity index is 2.15. The van der Waals surface area contributed by atoms with Crippen LogP contribution in [0, 0.1) is 0 Å². The minimum atomic E-state index is 0.0975. The zero-order valence-electron chi connectivity index (χ0n) is 8.50. The van der Waals surface area contributed by atoms with Crippen molar-refractivity contribution in [3.63, 3.8) is 0 Å². The maximum absolute atomic E-state index is 5.83. The van der Waals surface area contributed by atoms with E-state index in [0.29, 0.717) is 6.61 Å². The van der Waals surface area contributed by atoms with E-state index < -0.39 is 0 Å². The van der Waals surface area contributed by atoms with Crippen LogP contribution in [0.3, 0.4) is 0 Å². The van der Waals surface area contributed by atoms with Gasteiger partial charge in [0.2, 0.25) is 0 Å². The summed E-state index contributed by atoms with van der Waals surface area (Å²) in [6, 6.07) is 7.75. The van der Waals surface area contributed by atoms with Gasteiger partial charge in [0.25, 0.3) is 0 Å². The number of ether oxygens (including phenoxy) is 1. The summed E-state index contributed by atoms with van der Waals surface area (Å²) in [5.74, 6) is 0. The van der Waals surface area contributed by atoms with Gasteiger partial charge >= 0.3 is 0 Å². The molecule has 1 saturated heterocycles. The highest BCUT2D eigenvalue weighted by Crippen LogP contribution is 2.32. The SMILES string of the molecule is C=C1COC(c2ccc(Cl)cc2)CC1=C. The molecule has 0 amide bonds. The summed E-state index contributed by atoms with van der Waals surface area (Å²) in [5.41, 5.74) is 3.23. The van der Waals surface area contributed by atoms with Crippen LogP contribution < -0.4 is 0 Å². The van der Waals surface area contributed by atoms with Gasteiger partial charge in [0.05, 0.1) is 12.7 Å². The lowest BCUT2D eigenvalue weighted by molar-refractivity contribution is 0.0572. The van der Waals surface area contributed by atoms with Crippen LogP contribution >= 0.6 is 11.6 Å². The molecule has 1 heterocycles. The Labute approximate surface area is 95.0 Å². The summed E-state index contributed by atoms with van der Waals surface area (Å²) < 4.78 is 5.68. The lowest BCUT2D eigenvalue weighted by Gasteiger charge is -2.26. The maximum Gasteiger partial charge on any atom is 0.0869 e. The highest BCUT2D eigenvalue weighted by molar-refractivity contribution is 6.30. The summed E-state index contributed by atoms with van der Waals surface area (Å²) in [6.45, 7) is 8.45. The van der Waals surface area contributed by atoms with Crippen LogP contribution in [-0.4, -0.2) is 6.61 Å². The summed E-state index contributed by atoms with van der Waals surface area (Å²) in [6.07, 6.45) is 0.917. The molecule has 15 heavy (non-hydrogen) atoms. The van der Waals surface area contributed by atoms with Crippen molar-refractivity contribution in [1.82, 2.24) is 0 Å². The van der Waals surface area contributed by atoms with E-state index in [0.717, 1.165) is 28.2 Å². The van der Waals surface area contributed by atoms with Crippen molar-refractivity contribution in [3.8, 4) is 0 Å². The zero-order valence-corrected chi connectivity index (χ0v) is 9.26. The molecule has 2 rings (SSSR count). The van der Waals surface area contributed by atoms with Crippen molar-refractivity contribution in [2.24, 2.45) is 0 Å². The molecule has 0 radical (unpaired) electrons. The van der Waals surface area contributed by atoms with Crippen molar-refractivity contribution in [1.29, 1.82) is 0 Å². The fourth-order valence-corrected chi connectivity index (χ4v) is 1.75. The molecule has 1 aliphatic rings. The molecule has 0 saturated carbocycles. The highest BCUT2D eigenvalue weighted by atomic mass is 35.5. The second kappa shape index (κ2) is 4.21. The van der Waals surface area contributed by atoms with Crippen molar-refractivity contribution in [3.05, 3.63) is 59.2 Å². The number of hydrogen-bond acceptors (Lipinski definition) is 1. The van der Waals surface area contributed by atoms with E-state index in [9.17, 15) is 0 Å². The van der Waals surface area contributed by atoms with E-state index in [-0.39, 0.29) is 6.10 Å². The Hall–Kier alpha value is -1.05. The number of rotatable bonds is 1. The largest absolute Gasteiger partial charge is 0.369 e. The lowest BCUT2D eigenvalue weighted by atomic mass is 9.96. The first-order chi connectivity index (χ1) is 7.16. The summed E-state index contributed by atoms with van der Waals surface area (Å²) in [5, 5.41) is 0.748. The first kappa shape index (κ1) is 10.5. The van der Waals surface area contributed by atoms with E-state index in [1.54, 1.807) is 0 Å². The van der Waals surface area contributed by atoms with Crippen molar-refractivity contribution in [2.75, 3.05) is 6.61 Å². The minimum Gasteiger partial charge on any atom is -0.369 e. The standard InChI is InChI=1S/C13H13ClO/c1-9-7-13(15-8-10(9)2)11-3-5-12(14)6-4-11/h3-6,13H,1-2,7-8H2. The molecule has 1 aliphatic heterocycles. The van der Waals surface area contributed by atoms with Gasteiger partial charge in [-0.3, -0.25) is 0 Å². The second-order valence-corrected chi connectivity index (χ2v) is 4.20. The predicted octanol–water partition coefficient (Wildman–Crippen LogP) is 3.91. The third-order valence-electron chi connectivity index (χ3n) is 2.63.